The molecule has 2 aromatic rings. The first-order chi connectivity index (χ1) is 13.6. The Kier molecular flexibility index (Phi) is 4.43. The van der Waals surface area contributed by atoms with E-state index >= 15 is 0 Å². The first-order valence-electron chi connectivity index (χ1n) is 9.97. The van der Waals surface area contributed by atoms with Crippen molar-refractivity contribution in [3.05, 3.63) is 69.7 Å². The van der Waals surface area contributed by atoms with Gasteiger partial charge in [0.1, 0.15) is 5.75 Å². The normalized spacial score (nSPS) is 25.3. The van der Waals surface area contributed by atoms with Crippen LogP contribution >= 0.6 is 15.9 Å². The number of fused-ring (bicyclic) bond motifs is 3. The number of aromatic hydroxyl groups is 1. The van der Waals surface area contributed by atoms with Crippen molar-refractivity contribution in [3.8, 4) is 5.75 Å². The van der Waals surface area contributed by atoms with Crippen molar-refractivity contribution in [2.45, 2.75) is 31.2 Å². The van der Waals surface area contributed by atoms with Gasteiger partial charge in [-0.15, -0.1) is 0 Å². The van der Waals surface area contributed by atoms with Crippen LogP contribution in [-0.2, 0) is 0 Å². The molecular weight excluding hydrogens is 416 g/mol. The van der Waals surface area contributed by atoms with E-state index in [-0.39, 0.29) is 23.6 Å². The van der Waals surface area contributed by atoms with Crippen molar-refractivity contribution in [1.82, 2.24) is 4.90 Å². The Morgan fingerprint density at radius 3 is 2.79 bits per heavy atom. The van der Waals surface area contributed by atoms with Crippen molar-refractivity contribution < 1.29 is 9.90 Å². The number of para-hydroxylation sites is 1. The van der Waals surface area contributed by atoms with Crippen LogP contribution < -0.4 is 5.32 Å². The van der Waals surface area contributed by atoms with Crippen LogP contribution in [0.4, 0.5) is 5.69 Å². The molecule has 2 aliphatic heterocycles. The Morgan fingerprint density at radius 2 is 1.96 bits per heavy atom. The van der Waals surface area contributed by atoms with E-state index in [1.807, 2.05) is 29.2 Å². The highest BCUT2D eigenvalue weighted by molar-refractivity contribution is 9.10. The number of nitrogens with one attached hydrogen (secondary N) is 1. The van der Waals surface area contributed by atoms with E-state index < -0.39 is 0 Å². The zero-order valence-electron chi connectivity index (χ0n) is 15.6. The summed E-state index contributed by atoms with van der Waals surface area (Å²) in [6.07, 6.45) is 7.60. The van der Waals surface area contributed by atoms with Gasteiger partial charge in [-0.2, -0.15) is 0 Å². The molecule has 3 atom stereocenters. The minimum Gasteiger partial charge on any atom is -0.508 e. The minimum atomic E-state index is -0.0440. The number of likely N-dealkylation sites (tertiary alicyclic amines) is 1. The molecule has 2 N–H and O–H groups in total. The second-order valence-electron chi connectivity index (χ2n) is 7.95. The van der Waals surface area contributed by atoms with Gasteiger partial charge in [-0.25, -0.2) is 0 Å². The van der Waals surface area contributed by atoms with Crippen LogP contribution in [0.3, 0.4) is 0 Å². The highest BCUT2D eigenvalue weighted by Crippen LogP contribution is 2.52. The molecule has 1 fully saturated rings. The smallest absolute Gasteiger partial charge is 0.255 e. The first kappa shape index (κ1) is 17.8. The Hall–Kier alpha value is -2.27. The number of halogens is 1. The second-order valence-corrected chi connectivity index (χ2v) is 8.86. The Balaban J connectivity index is 1.60. The molecule has 3 aliphatic rings. The van der Waals surface area contributed by atoms with Gasteiger partial charge in [0.15, 0.2) is 0 Å². The molecule has 2 aromatic carbocycles. The van der Waals surface area contributed by atoms with Gasteiger partial charge in [-0.1, -0.05) is 40.2 Å². The summed E-state index contributed by atoms with van der Waals surface area (Å²) < 4.78 is 0.942. The molecule has 0 bridgehead atoms. The summed E-state index contributed by atoms with van der Waals surface area (Å²) in [5.41, 5.74) is 3.74. The van der Waals surface area contributed by atoms with Crippen molar-refractivity contribution in [2.75, 3.05) is 18.4 Å². The maximum Gasteiger partial charge on any atom is 0.255 e. The van der Waals surface area contributed by atoms with E-state index in [1.165, 1.54) is 5.56 Å². The third-order valence-electron chi connectivity index (χ3n) is 6.35. The molecule has 1 aliphatic carbocycles. The van der Waals surface area contributed by atoms with Crippen molar-refractivity contribution in [1.29, 1.82) is 0 Å². The van der Waals surface area contributed by atoms with Gasteiger partial charge in [-0.3, -0.25) is 4.79 Å². The van der Waals surface area contributed by atoms with Gasteiger partial charge in [0.25, 0.3) is 5.91 Å². The minimum absolute atomic E-state index is 0.0440. The number of amides is 1. The van der Waals surface area contributed by atoms with Crippen LogP contribution in [0, 0.1) is 5.92 Å². The van der Waals surface area contributed by atoms with E-state index in [4.69, 9.17) is 0 Å². The van der Waals surface area contributed by atoms with Crippen LogP contribution in [0.15, 0.2) is 53.0 Å². The topological polar surface area (TPSA) is 52.6 Å². The Labute approximate surface area is 173 Å². The summed E-state index contributed by atoms with van der Waals surface area (Å²) in [5, 5.41) is 14.2. The fraction of sp³-hybridized carbons (Fsp3) is 0.348. The summed E-state index contributed by atoms with van der Waals surface area (Å²) in [5.74, 6) is 0.980. The number of benzene rings is 2. The summed E-state index contributed by atoms with van der Waals surface area (Å²) >= 11 is 3.53. The van der Waals surface area contributed by atoms with E-state index in [9.17, 15) is 9.90 Å². The highest BCUT2D eigenvalue weighted by atomic mass is 79.9. The zero-order chi connectivity index (χ0) is 19.3. The predicted octanol–water partition coefficient (Wildman–Crippen LogP) is 5.22. The summed E-state index contributed by atoms with van der Waals surface area (Å²) in [4.78, 5) is 15.1. The van der Waals surface area contributed by atoms with Crippen LogP contribution in [0.2, 0.25) is 0 Å². The van der Waals surface area contributed by atoms with Crippen LogP contribution in [0.1, 0.15) is 52.7 Å². The fourth-order valence-electron chi connectivity index (χ4n) is 4.97. The molecule has 3 unspecified atom stereocenters. The molecule has 2 heterocycles. The molecule has 5 heteroatoms. The third-order valence-corrected chi connectivity index (χ3v) is 6.84. The number of carbonyl (C=O) groups is 1. The molecule has 28 heavy (non-hydrogen) atoms. The largest absolute Gasteiger partial charge is 0.508 e. The van der Waals surface area contributed by atoms with Gasteiger partial charge in [0.2, 0.25) is 0 Å². The van der Waals surface area contributed by atoms with Gasteiger partial charge >= 0.3 is 0 Å². The van der Waals surface area contributed by atoms with Crippen molar-refractivity contribution >= 4 is 27.5 Å². The lowest BCUT2D eigenvalue weighted by molar-refractivity contribution is 0.0793. The number of nitrogens with zero attached hydrogens (tertiary/aromatic N) is 1. The number of allylic oxidation sites excluding steroid dienone is 2. The number of carbonyl (C=O) groups excluding carboxylic acids is 1. The quantitative estimate of drug-likeness (QED) is 0.632. The number of phenolic OH excluding ortho intramolecular Hbond substituents is 1. The Morgan fingerprint density at radius 1 is 1.14 bits per heavy atom. The molecule has 1 saturated heterocycles. The molecule has 0 saturated carbocycles. The predicted molar refractivity (Wildman–Crippen MR) is 114 cm³/mol. The summed E-state index contributed by atoms with van der Waals surface area (Å²) in [7, 11) is 0. The van der Waals surface area contributed by atoms with Crippen molar-refractivity contribution in [2.24, 2.45) is 5.92 Å². The van der Waals surface area contributed by atoms with Gasteiger partial charge in [-0.05, 0) is 55.0 Å². The van der Waals surface area contributed by atoms with Crippen LogP contribution in [0.25, 0.3) is 0 Å². The number of anilines is 1. The SMILES string of the molecule is O=C(c1cccc2c1NC(c1cc(Br)ccc1O)C1CC=CC21)N1CCCC1. The number of hydrogen-bond donors (Lipinski definition) is 2. The summed E-state index contributed by atoms with van der Waals surface area (Å²) in [6.45, 7) is 1.68. The van der Waals surface area contributed by atoms with Gasteiger partial charge in [0, 0.05) is 29.0 Å². The number of phenols is 1. The van der Waals surface area contributed by atoms with Crippen LogP contribution in [-0.4, -0.2) is 29.0 Å². The Bertz CT molecular complexity index is 965. The molecule has 0 aromatic heterocycles. The lowest BCUT2D eigenvalue weighted by Gasteiger charge is -2.38. The van der Waals surface area contributed by atoms with E-state index in [2.05, 4.69) is 39.5 Å². The molecule has 144 valence electrons. The standard InChI is InChI=1S/C23H23BrN2O2/c24-14-9-10-20(27)19(13-14)22-17-6-3-5-15(17)16-7-4-8-18(21(16)25-22)23(28)26-11-1-2-12-26/h3-5,7-10,13,15,17,22,25,27H,1-2,6,11-12H2. The van der Waals surface area contributed by atoms with E-state index in [0.29, 0.717) is 5.92 Å². The molecule has 5 rings (SSSR count). The molecule has 0 spiro atoms. The number of hydrogen-bond acceptors (Lipinski definition) is 3. The second kappa shape index (κ2) is 6.96. The van der Waals surface area contributed by atoms with E-state index in [1.54, 1.807) is 6.07 Å². The molecule has 4 nitrogen and oxygen atoms in total. The number of rotatable bonds is 2. The summed E-state index contributed by atoms with van der Waals surface area (Å²) in [6, 6.07) is 11.6. The maximum absolute atomic E-state index is 13.2. The molecule has 1 amide bonds. The van der Waals surface area contributed by atoms with E-state index in [0.717, 1.165) is 53.6 Å². The highest BCUT2D eigenvalue weighted by Gasteiger charge is 2.40. The zero-order valence-corrected chi connectivity index (χ0v) is 17.2. The van der Waals surface area contributed by atoms with Gasteiger partial charge < -0.3 is 15.3 Å². The maximum atomic E-state index is 13.2. The molecule has 0 radical (unpaired) electrons. The first-order valence-corrected chi connectivity index (χ1v) is 10.8. The average Bonchev–Trinajstić information content (AvgIpc) is 3.40. The van der Waals surface area contributed by atoms with Crippen molar-refractivity contribution in [3.63, 3.8) is 0 Å². The average molecular weight is 439 g/mol. The monoisotopic (exact) mass is 438 g/mol. The molecular formula is C23H23BrN2O2. The third kappa shape index (κ3) is 2.84. The lowest BCUT2D eigenvalue weighted by atomic mass is 9.76. The van der Waals surface area contributed by atoms with Gasteiger partial charge in [0.05, 0.1) is 17.3 Å². The fourth-order valence-corrected chi connectivity index (χ4v) is 5.35. The van der Waals surface area contributed by atoms with Crippen LogP contribution in [0.5, 0.6) is 5.75 Å². The lowest BCUT2D eigenvalue weighted by Crippen LogP contribution is -2.33.